The zero-order valence-electron chi connectivity index (χ0n) is 27.8. The van der Waals surface area contributed by atoms with Crippen LogP contribution in [0.25, 0.3) is 10.8 Å². The maximum absolute atomic E-state index is 14.3. The number of benzene rings is 3. The number of ether oxygens (including phenoxy) is 2. The Morgan fingerprint density at radius 1 is 0.957 bits per heavy atom. The van der Waals surface area contributed by atoms with Crippen molar-refractivity contribution in [1.29, 1.82) is 0 Å². The topological polar surface area (TPSA) is 130 Å². The summed E-state index contributed by atoms with van der Waals surface area (Å²) in [5.74, 6) is -0.646. The van der Waals surface area contributed by atoms with Crippen molar-refractivity contribution >= 4 is 40.3 Å². The number of nitrogens with zero attached hydrogens (tertiary/aromatic N) is 3. The van der Waals surface area contributed by atoms with Crippen LogP contribution in [0.4, 0.5) is 4.79 Å². The van der Waals surface area contributed by atoms with Gasteiger partial charge in [0, 0.05) is 26.6 Å². The summed E-state index contributed by atoms with van der Waals surface area (Å²) >= 11 is 0. The first kappa shape index (κ1) is 33.4. The number of carbonyl (C=O) groups excluding carboxylic acids is 4. The monoisotopic (exact) mass is 641 g/mol. The van der Waals surface area contributed by atoms with Crippen molar-refractivity contribution < 1.29 is 28.7 Å². The highest BCUT2D eigenvalue weighted by Gasteiger charge is 2.54. The minimum atomic E-state index is -1.43. The van der Waals surface area contributed by atoms with E-state index in [1.807, 2.05) is 72.8 Å². The molecule has 11 heteroatoms. The molecule has 2 atom stereocenters. The molecular formula is C36H43N5O6. The van der Waals surface area contributed by atoms with Crippen LogP contribution < -0.4 is 15.4 Å². The summed E-state index contributed by atoms with van der Waals surface area (Å²) in [6.07, 6.45) is 0.0337. The van der Waals surface area contributed by atoms with Gasteiger partial charge in [0.1, 0.15) is 35.0 Å². The highest BCUT2D eigenvalue weighted by atomic mass is 16.6. The predicted octanol–water partition coefficient (Wildman–Crippen LogP) is 4.30. The molecule has 2 heterocycles. The van der Waals surface area contributed by atoms with E-state index in [9.17, 15) is 19.2 Å². The quantitative estimate of drug-likeness (QED) is 0.359. The summed E-state index contributed by atoms with van der Waals surface area (Å²) in [5, 5.41) is 13.3. The van der Waals surface area contributed by atoms with E-state index in [0.717, 1.165) is 22.0 Å². The Labute approximate surface area is 275 Å². The van der Waals surface area contributed by atoms with Crippen molar-refractivity contribution in [2.24, 2.45) is 10.5 Å². The number of hydrogen-bond donors (Lipinski definition) is 2. The normalized spacial score (nSPS) is 18.7. The van der Waals surface area contributed by atoms with Gasteiger partial charge in [0.05, 0.1) is 5.71 Å². The van der Waals surface area contributed by atoms with Crippen molar-refractivity contribution in [3.05, 3.63) is 78.4 Å². The molecule has 2 aliphatic heterocycles. The molecule has 0 aromatic heterocycles. The third kappa shape index (κ3) is 7.56. The van der Waals surface area contributed by atoms with E-state index in [-0.39, 0.29) is 19.1 Å². The van der Waals surface area contributed by atoms with E-state index in [4.69, 9.17) is 9.47 Å². The van der Waals surface area contributed by atoms with E-state index >= 15 is 0 Å². The number of hydrazone groups is 1. The molecular weight excluding hydrogens is 598 g/mol. The van der Waals surface area contributed by atoms with Gasteiger partial charge in [0.2, 0.25) is 11.8 Å². The lowest BCUT2D eigenvalue weighted by molar-refractivity contribution is -0.143. The number of amides is 4. The van der Waals surface area contributed by atoms with Gasteiger partial charge in [-0.3, -0.25) is 14.4 Å². The average molecular weight is 642 g/mol. The number of alkyl carbamates (subject to hydrolysis) is 1. The molecule has 0 aliphatic carbocycles. The van der Waals surface area contributed by atoms with Crippen LogP contribution in [0.2, 0.25) is 0 Å². The van der Waals surface area contributed by atoms with Crippen LogP contribution in [0, 0.1) is 5.41 Å². The SMILES string of the molecule is CN1N=C2CCN(C(=O)C(COc3ccc4ccccc4c3)NC(=O)C(C)(C)NC(=O)OC(C)(C)C)C[C@@]2(Cc2ccccc2)C1=O. The summed E-state index contributed by atoms with van der Waals surface area (Å²) in [5.41, 5.74) is -1.51. The summed E-state index contributed by atoms with van der Waals surface area (Å²) in [4.78, 5) is 55.8. The summed E-state index contributed by atoms with van der Waals surface area (Å²) < 4.78 is 11.5. The zero-order valence-corrected chi connectivity index (χ0v) is 27.8. The summed E-state index contributed by atoms with van der Waals surface area (Å²) in [6, 6.07) is 22.0. The average Bonchev–Trinajstić information content (AvgIpc) is 3.26. The maximum Gasteiger partial charge on any atom is 0.408 e. The van der Waals surface area contributed by atoms with Crippen molar-refractivity contribution in [2.45, 2.75) is 64.6 Å². The van der Waals surface area contributed by atoms with Crippen molar-refractivity contribution in [3.8, 4) is 5.75 Å². The number of likely N-dealkylation sites (tertiary alicyclic amines) is 1. The lowest BCUT2D eigenvalue weighted by atomic mass is 9.73. The lowest BCUT2D eigenvalue weighted by Gasteiger charge is -2.41. The maximum atomic E-state index is 14.3. The smallest absolute Gasteiger partial charge is 0.408 e. The molecule has 3 aromatic rings. The van der Waals surface area contributed by atoms with Gasteiger partial charge >= 0.3 is 6.09 Å². The second kappa shape index (κ2) is 13.1. The second-order valence-electron chi connectivity index (χ2n) is 13.7. The molecule has 0 radical (unpaired) electrons. The summed E-state index contributed by atoms with van der Waals surface area (Å²) in [7, 11) is 1.63. The first-order valence-corrected chi connectivity index (χ1v) is 15.8. The second-order valence-corrected chi connectivity index (χ2v) is 13.7. The van der Waals surface area contributed by atoms with Crippen LogP contribution in [0.3, 0.4) is 0 Å². The first-order chi connectivity index (χ1) is 22.2. The third-order valence-electron chi connectivity index (χ3n) is 8.39. The number of fused-ring (bicyclic) bond motifs is 2. The number of hydrogen-bond acceptors (Lipinski definition) is 7. The van der Waals surface area contributed by atoms with Gasteiger partial charge in [-0.1, -0.05) is 60.7 Å². The Morgan fingerprint density at radius 2 is 1.64 bits per heavy atom. The van der Waals surface area contributed by atoms with Crippen molar-refractivity contribution in [2.75, 3.05) is 26.7 Å². The zero-order chi connectivity index (χ0) is 34.0. The van der Waals surface area contributed by atoms with E-state index in [1.54, 1.807) is 32.7 Å². The van der Waals surface area contributed by atoms with E-state index in [2.05, 4.69) is 15.7 Å². The molecule has 0 spiro atoms. The standard InChI is InChI=1S/C36H43N5O6/c1-34(2,3)47-33(45)38-35(4,5)31(43)37-28(22-46-27-17-16-25-14-10-11-15-26(25)20-27)30(42)41-19-18-29-36(23-41,32(44)40(6)39-29)21-24-12-8-7-9-13-24/h7-17,20,28H,18-19,21-23H2,1-6H3,(H,37,43)(H,38,45)/t28?,36-/m1/s1. The Morgan fingerprint density at radius 3 is 2.34 bits per heavy atom. The molecule has 248 valence electrons. The molecule has 2 aliphatic rings. The molecule has 47 heavy (non-hydrogen) atoms. The molecule has 0 bridgehead atoms. The Balaban J connectivity index is 1.39. The number of piperidine rings is 1. The fourth-order valence-electron chi connectivity index (χ4n) is 6.00. The summed E-state index contributed by atoms with van der Waals surface area (Å²) in [6.45, 7) is 8.48. The molecule has 1 saturated heterocycles. The van der Waals surface area contributed by atoms with Crippen LogP contribution in [0.5, 0.6) is 5.75 Å². The number of nitrogens with one attached hydrogen (secondary N) is 2. The molecule has 5 rings (SSSR count). The molecule has 11 nitrogen and oxygen atoms in total. The van der Waals surface area contributed by atoms with Crippen LogP contribution in [-0.4, -0.2) is 83.4 Å². The largest absolute Gasteiger partial charge is 0.491 e. The minimum Gasteiger partial charge on any atom is -0.491 e. The molecule has 3 aromatic carbocycles. The van der Waals surface area contributed by atoms with Crippen LogP contribution >= 0.6 is 0 Å². The van der Waals surface area contributed by atoms with Crippen LogP contribution in [0.1, 0.15) is 46.6 Å². The molecule has 1 unspecified atom stereocenters. The van der Waals surface area contributed by atoms with Gasteiger partial charge in [0.15, 0.2) is 0 Å². The Kier molecular flexibility index (Phi) is 9.29. The number of rotatable bonds is 9. The van der Waals surface area contributed by atoms with Gasteiger partial charge in [-0.15, -0.1) is 0 Å². The Bertz CT molecular complexity index is 1700. The fraction of sp³-hybridized carbons (Fsp3) is 0.417. The highest BCUT2D eigenvalue weighted by Crippen LogP contribution is 2.38. The van der Waals surface area contributed by atoms with Gasteiger partial charge in [0.25, 0.3) is 5.91 Å². The minimum absolute atomic E-state index is 0.102. The van der Waals surface area contributed by atoms with Gasteiger partial charge < -0.3 is 25.0 Å². The fourth-order valence-corrected chi connectivity index (χ4v) is 6.00. The van der Waals surface area contributed by atoms with Gasteiger partial charge in [-0.05, 0) is 69.5 Å². The predicted molar refractivity (Wildman–Crippen MR) is 179 cm³/mol. The molecule has 0 saturated carbocycles. The van der Waals surface area contributed by atoms with E-state index < -0.39 is 40.5 Å². The van der Waals surface area contributed by atoms with Crippen LogP contribution in [-0.2, 0) is 25.5 Å². The van der Waals surface area contributed by atoms with Gasteiger partial charge in [-0.2, -0.15) is 5.10 Å². The Hall–Kier alpha value is -4.93. The van der Waals surface area contributed by atoms with E-state index in [1.165, 1.54) is 18.9 Å². The third-order valence-corrected chi connectivity index (χ3v) is 8.39. The molecule has 4 amide bonds. The van der Waals surface area contributed by atoms with Gasteiger partial charge in [-0.25, -0.2) is 9.80 Å². The van der Waals surface area contributed by atoms with Crippen LogP contribution in [0.15, 0.2) is 77.9 Å². The molecule has 2 N–H and O–H groups in total. The molecule has 1 fully saturated rings. The lowest BCUT2D eigenvalue weighted by Crippen LogP contribution is -2.63. The first-order valence-electron chi connectivity index (χ1n) is 15.8. The van der Waals surface area contributed by atoms with E-state index in [0.29, 0.717) is 25.1 Å². The van der Waals surface area contributed by atoms with Crippen molar-refractivity contribution in [1.82, 2.24) is 20.5 Å². The number of carbonyl (C=O) groups is 4. The highest BCUT2D eigenvalue weighted by molar-refractivity contribution is 6.13. The van der Waals surface area contributed by atoms with Crippen molar-refractivity contribution in [3.63, 3.8) is 0 Å².